The number of ether oxygens (including phenoxy) is 1. The average Bonchev–Trinajstić information content (AvgIpc) is 3.09. The molecule has 2 aromatic carbocycles. The standard InChI is InChI=1S/C20H14F4N2O/c21-14-3-1-13(2-4-14)18-11-26(12-19-17(18)9-10-25-19)15-5-7-16(8-6-15)27-20(22,23)24/h1-11,25H,12H2. The number of hydrogen-bond donors (Lipinski definition) is 1. The van der Waals surface area contributed by atoms with E-state index < -0.39 is 6.36 Å². The molecule has 1 aliphatic rings. The number of nitrogens with zero attached hydrogens (tertiary/aromatic N) is 1. The van der Waals surface area contributed by atoms with Gasteiger partial charge in [-0.3, -0.25) is 0 Å². The van der Waals surface area contributed by atoms with Crippen LogP contribution in [0.2, 0.25) is 0 Å². The van der Waals surface area contributed by atoms with E-state index in [1.54, 1.807) is 24.3 Å². The number of alkyl halides is 3. The monoisotopic (exact) mass is 374 g/mol. The summed E-state index contributed by atoms with van der Waals surface area (Å²) in [5.74, 6) is -0.590. The first kappa shape index (κ1) is 17.2. The second-order valence-corrected chi connectivity index (χ2v) is 6.09. The van der Waals surface area contributed by atoms with Crippen molar-refractivity contribution in [2.45, 2.75) is 12.9 Å². The summed E-state index contributed by atoms with van der Waals surface area (Å²) in [6.07, 6.45) is -0.990. The molecule has 27 heavy (non-hydrogen) atoms. The Kier molecular flexibility index (Phi) is 4.14. The fourth-order valence-electron chi connectivity index (χ4n) is 3.09. The lowest BCUT2D eigenvalue weighted by molar-refractivity contribution is -0.274. The van der Waals surface area contributed by atoms with E-state index in [4.69, 9.17) is 0 Å². The second-order valence-electron chi connectivity index (χ2n) is 6.09. The highest BCUT2D eigenvalue weighted by Gasteiger charge is 2.31. The minimum atomic E-state index is -4.72. The molecule has 0 saturated heterocycles. The molecule has 0 aliphatic carbocycles. The van der Waals surface area contributed by atoms with Crippen LogP contribution in [-0.4, -0.2) is 11.3 Å². The lowest BCUT2D eigenvalue weighted by Gasteiger charge is -2.27. The Labute approximate surface area is 152 Å². The molecule has 0 bridgehead atoms. The maximum Gasteiger partial charge on any atom is 0.573 e. The summed E-state index contributed by atoms with van der Waals surface area (Å²) in [6.45, 7) is 0.534. The fraction of sp³-hybridized carbons (Fsp3) is 0.100. The van der Waals surface area contributed by atoms with Gasteiger partial charge in [0.15, 0.2) is 0 Å². The summed E-state index contributed by atoms with van der Waals surface area (Å²) in [6, 6.07) is 13.8. The molecule has 138 valence electrons. The molecule has 0 fully saturated rings. The van der Waals surface area contributed by atoms with Crippen LogP contribution in [0.1, 0.15) is 16.8 Å². The summed E-state index contributed by atoms with van der Waals surface area (Å²) < 4.78 is 54.1. The van der Waals surface area contributed by atoms with Crippen LogP contribution in [-0.2, 0) is 6.54 Å². The Morgan fingerprint density at radius 1 is 0.926 bits per heavy atom. The quantitative estimate of drug-likeness (QED) is 0.617. The van der Waals surface area contributed by atoms with Gasteiger partial charge in [-0.15, -0.1) is 13.2 Å². The van der Waals surface area contributed by atoms with Gasteiger partial charge in [-0.25, -0.2) is 4.39 Å². The molecule has 4 rings (SSSR count). The zero-order chi connectivity index (χ0) is 19.0. The number of hydrogen-bond acceptors (Lipinski definition) is 2. The van der Waals surface area contributed by atoms with E-state index in [2.05, 4.69) is 9.72 Å². The number of benzene rings is 2. The summed E-state index contributed by atoms with van der Waals surface area (Å²) in [4.78, 5) is 5.09. The average molecular weight is 374 g/mol. The molecule has 0 spiro atoms. The van der Waals surface area contributed by atoms with Crippen LogP contribution in [0.4, 0.5) is 23.2 Å². The van der Waals surface area contributed by atoms with Crippen molar-refractivity contribution in [3.05, 3.63) is 89.6 Å². The van der Waals surface area contributed by atoms with Crippen LogP contribution in [0.3, 0.4) is 0 Å². The van der Waals surface area contributed by atoms with Crippen molar-refractivity contribution in [1.82, 2.24) is 4.98 Å². The fourth-order valence-corrected chi connectivity index (χ4v) is 3.09. The molecule has 1 N–H and O–H groups in total. The number of H-pyrrole nitrogens is 1. The van der Waals surface area contributed by atoms with Gasteiger partial charge < -0.3 is 14.6 Å². The predicted octanol–water partition coefficient (Wildman–Crippen LogP) is 5.46. The van der Waals surface area contributed by atoms with Crippen LogP contribution in [0.25, 0.3) is 5.57 Å². The Morgan fingerprint density at radius 3 is 2.30 bits per heavy atom. The zero-order valence-corrected chi connectivity index (χ0v) is 13.9. The van der Waals surface area contributed by atoms with Crippen molar-refractivity contribution in [1.29, 1.82) is 0 Å². The number of aromatic nitrogens is 1. The molecule has 0 unspecified atom stereocenters. The largest absolute Gasteiger partial charge is 0.573 e. The molecule has 1 aliphatic heterocycles. The molecule has 1 aromatic heterocycles. The number of anilines is 1. The summed E-state index contributed by atoms with van der Waals surface area (Å²) in [5.41, 5.74) is 4.43. The predicted molar refractivity (Wildman–Crippen MR) is 93.6 cm³/mol. The SMILES string of the molecule is Fc1ccc(C2=CN(c3ccc(OC(F)(F)F)cc3)Cc3[nH]ccc32)cc1. The van der Waals surface area contributed by atoms with Crippen molar-refractivity contribution >= 4 is 11.3 Å². The molecule has 0 amide bonds. The van der Waals surface area contributed by atoms with Gasteiger partial charge >= 0.3 is 6.36 Å². The summed E-state index contributed by atoms with van der Waals surface area (Å²) in [5, 5.41) is 0. The van der Waals surface area contributed by atoms with E-state index in [9.17, 15) is 17.6 Å². The number of nitrogens with one attached hydrogen (secondary N) is 1. The highest BCUT2D eigenvalue weighted by atomic mass is 19.4. The maximum absolute atomic E-state index is 13.3. The zero-order valence-electron chi connectivity index (χ0n) is 13.9. The third-order valence-electron chi connectivity index (χ3n) is 4.29. The second kappa shape index (κ2) is 6.50. The van der Waals surface area contributed by atoms with E-state index in [0.29, 0.717) is 12.2 Å². The van der Waals surface area contributed by atoms with Crippen LogP contribution in [0.5, 0.6) is 5.75 Å². The maximum atomic E-state index is 13.3. The number of aromatic amines is 1. The van der Waals surface area contributed by atoms with Crippen molar-refractivity contribution in [2.75, 3.05) is 4.90 Å². The third kappa shape index (κ3) is 3.67. The van der Waals surface area contributed by atoms with Gasteiger partial charge in [-0.05, 0) is 48.0 Å². The van der Waals surface area contributed by atoms with Crippen molar-refractivity contribution in [2.24, 2.45) is 0 Å². The van der Waals surface area contributed by atoms with Crippen molar-refractivity contribution in [3.8, 4) is 5.75 Å². The molecule has 0 saturated carbocycles. The first-order valence-electron chi connectivity index (χ1n) is 8.16. The molecule has 0 atom stereocenters. The van der Waals surface area contributed by atoms with Gasteiger partial charge in [-0.2, -0.15) is 0 Å². The number of halogens is 4. The lowest BCUT2D eigenvalue weighted by atomic mass is 9.96. The lowest BCUT2D eigenvalue weighted by Crippen LogP contribution is -2.21. The Bertz CT molecular complexity index is 972. The smallest absolute Gasteiger partial charge is 0.406 e. The van der Waals surface area contributed by atoms with Gasteiger partial charge in [0.2, 0.25) is 0 Å². The van der Waals surface area contributed by atoms with Crippen molar-refractivity contribution in [3.63, 3.8) is 0 Å². The van der Waals surface area contributed by atoms with Gasteiger partial charge in [0.1, 0.15) is 11.6 Å². The van der Waals surface area contributed by atoms with Crippen LogP contribution in [0.15, 0.2) is 67.0 Å². The molecule has 3 nitrogen and oxygen atoms in total. The summed E-state index contributed by atoms with van der Waals surface area (Å²) >= 11 is 0. The minimum absolute atomic E-state index is 0.272. The first-order valence-corrected chi connectivity index (χ1v) is 8.16. The molecule has 7 heteroatoms. The van der Waals surface area contributed by atoms with E-state index in [0.717, 1.165) is 22.4 Å². The van der Waals surface area contributed by atoms with E-state index in [1.807, 2.05) is 23.4 Å². The normalized spacial score (nSPS) is 13.9. The minimum Gasteiger partial charge on any atom is -0.406 e. The molecular weight excluding hydrogens is 360 g/mol. The highest BCUT2D eigenvalue weighted by molar-refractivity contribution is 5.84. The first-order chi connectivity index (χ1) is 12.9. The third-order valence-corrected chi connectivity index (χ3v) is 4.29. The van der Waals surface area contributed by atoms with Crippen LogP contribution in [0, 0.1) is 5.82 Å². The Hall–Kier alpha value is -3.22. The van der Waals surface area contributed by atoms with E-state index in [-0.39, 0.29) is 11.6 Å². The van der Waals surface area contributed by atoms with Gasteiger partial charge in [0, 0.05) is 34.9 Å². The topological polar surface area (TPSA) is 28.3 Å². The summed E-state index contributed by atoms with van der Waals surface area (Å²) in [7, 11) is 0. The van der Waals surface area contributed by atoms with Gasteiger partial charge in [0.05, 0.1) is 6.54 Å². The molecule has 2 heterocycles. The van der Waals surface area contributed by atoms with E-state index >= 15 is 0 Å². The Morgan fingerprint density at radius 2 is 1.63 bits per heavy atom. The molecule has 0 radical (unpaired) electrons. The van der Waals surface area contributed by atoms with E-state index in [1.165, 1.54) is 24.3 Å². The Balaban J connectivity index is 1.67. The highest BCUT2D eigenvalue weighted by Crippen LogP contribution is 2.34. The molecular formula is C20H14F4N2O. The molecule has 3 aromatic rings. The number of rotatable bonds is 3. The van der Waals surface area contributed by atoms with Crippen LogP contribution < -0.4 is 9.64 Å². The van der Waals surface area contributed by atoms with Crippen molar-refractivity contribution < 1.29 is 22.3 Å². The van der Waals surface area contributed by atoms with Gasteiger partial charge in [0.25, 0.3) is 0 Å². The number of fused-ring (bicyclic) bond motifs is 1. The van der Waals surface area contributed by atoms with Crippen LogP contribution >= 0.6 is 0 Å². The van der Waals surface area contributed by atoms with Gasteiger partial charge in [-0.1, -0.05) is 12.1 Å².